The minimum absolute atomic E-state index is 0.670. The van der Waals surface area contributed by atoms with Crippen molar-refractivity contribution in [2.45, 2.75) is 12.8 Å². The van der Waals surface area contributed by atoms with Crippen molar-refractivity contribution in [1.82, 2.24) is 5.32 Å². The maximum absolute atomic E-state index is 5.66. The minimum Gasteiger partial charge on any atom is -0.493 e. The summed E-state index contributed by atoms with van der Waals surface area (Å²) < 4.78 is 10.9. The average Bonchev–Trinajstić information content (AvgIpc) is 2.42. The van der Waals surface area contributed by atoms with Gasteiger partial charge in [0.1, 0.15) is 6.61 Å². The van der Waals surface area contributed by atoms with Crippen LogP contribution in [0.3, 0.4) is 0 Å². The lowest BCUT2D eigenvalue weighted by molar-refractivity contribution is 0.292. The van der Waals surface area contributed by atoms with Crippen LogP contribution in [-0.4, -0.2) is 38.8 Å². The van der Waals surface area contributed by atoms with Crippen LogP contribution in [0.4, 0.5) is 0 Å². The zero-order chi connectivity index (χ0) is 13.1. The second kappa shape index (κ2) is 10.1. The molecule has 102 valence electrons. The Bertz CT molecular complexity index is 320. The fourth-order valence-electron chi connectivity index (χ4n) is 1.59. The third-order valence-corrected chi connectivity index (χ3v) is 3.25. The molecular weight excluding hydrogens is 246 g/mol. The molecule has 0 saturated carbocycles. The Morgan fingerprint density at radius 3 is 2.61 bits per heavy atom. The van der Waals surface area contributed by atoms with Gasteiger partial charge in [0.05, 0.1) is 7.11 Å². The smallest absolute Gasteiger partial charge is 0.161 e. The summed E-state index contributed by atoms with van der Waals surface area (Å²) in [5.41, 5.74) is 0. The van der Waals surface area contributed by atoms with Gasteiger partial charge in [-0.25, -0.2) is 0 Å². The molecule has 18 heavy (non-hydrogen) atoms. The van der Waals surface area contributed by atoms with E-state index in [1.54, 1.807) is 7.11 Å². The number of hydrogen-bond donors (Lipinski definition) is 1. The molecule has 0 aliphatic heterocycles. The van der Waals surface area contributed by atoms with E-state index in [0.29, 0.717) is 6.61 Å². The molecule has 1 rings (SSSR count). The van der Waals surface area contributed by atoms with E-state index >= 15 is 0 Å². The minimum atomic E-state index is 0.670. The van der Waals surface area contributed by atoms with Gasteiger partial charge in [0.2, 0.25) is 0 Å². The molecule has 0 radical (unpaired) electrons. The Hall–Kier alpha value is -0.870. The Kier molecular flexibility index (Phi) is 8.51. The van der Waals surface area contributed by atoms with Crippen molar-refractivity contribution in [1.29, 1.82) is 0 Å². The Labute approximate surface area is 114 Å². The third-order valence-electron chi connectivity index (χ3n) is 2.56. The van der Waals surface area contributed by atoms with Gasteiger partial charge >= 0.3 is 0 Å². The average molecular weight is 269 g/mol. The molecule has 0 atom stereocenters. The summed E-state index contributed by atoms with van der Waals surface area (Å²) in [5.74, 6) is 2.85. The van der Waals surface area contributed by atoms with Crippen LogP contribution in [0, 0.1) is 0 Å². The molecule has 0 aliphatic carbocycles. The number of unbranched alkanes of at least 4 members (excludes halogenated alkanes) is 1. The quantitative estimate of drug-likeness (QED) is 0.662. The second-order valence-corrected chi connectivity index (χ2v) is 4.93. The topological polar surface area (TPSA) is 30.5 Å². The summed E-state index contributed by atoms with van der Waals surface area (Å²) >= 11 is 1.90. The molecule has 1 N–H and O–H groups in total. The number of benzene rings is 1. The lowest BCUT2D eigenvalue weighted by atomic mass is 10.3. The predicted molar refractivity (Wildman–Crippen MR) is 79.0 cm³/mol. The molecule has 0 fully saturated rings. The van der Waals surface area contributed by atoms with Crippen molar-refractivity contribution in [3.8, 4) is 11.5 Å². The summed E-state index contributed by atoms with van der Waals surface area (Å²) in [6.07, 6.45) is 4.66. The van der Waals surface area contributed by atoms with E-state index in [2.05, 4.69) is 11.6 Å². The summed E-state index contributed by atoms with van der Waals surface area (Å²) in [6.45, 7) is 2.61. The zero-order valence-corrected chi connectivity index (χ0v) is 12.1. The molecule has 0 bridgehead atoms. The Balaban J connectivity index is 2.07. The van der Waals surface area contributed by atoms with E-state index in [0.717, 1.165) is 24.6 Å². The Morgan fingerprint density at radius 2 is 1.89 bits per heavy atom. The monoisotopic (exact) mass is 269 g/mol. The van der Waals surface area contributed by atoms with Crippen molar-refractivity contribution in [2.24, 2.45) is 0 Å². The number of methoxy groups -OCH3 is 1. The molecular formula is C14H23NO2S. The molecule has 0 unspecified atom stereocenters. The van der Waals surface area contributed by atoms with Gasteiger partial charge in [-0.05, 0) is 43.5 Å². The number of rotatable bonds is 10. The Morgan fingerprint density at radius 1 is 1.11 bits per heavy atom. The molecule has 0 amide bonds. The van der Waals surface area contributed by atoms with Gasteiger partial charge in [-0.3, -0.25) is 0 Å². The molecule has 0 spiro atoms. The van der Waals surface area contributed by atoms with Crippen molar-refractivity contribution < 1.29 is 9.47 Å². The van der Waals surface area contributed by atoms with Crippen molar-refractivity contribution >= 4 is 11.8 Å². The summed E-state index contributed by atoms with van der Waals surface area (Å²) in [5, 5.41) is 3.38. The summed E-state index contributed by atoms with van der Waals surface area (Å²) in [4.78, 5) is 0. The fraction of sp³-hybridized carbons (Fsp3) is 0.571. The van der Waals surface area contributed by atoms with E-state index < -0.39 is 0 Å². The van der Waals surface area contributed by atoms with E-state index in [-0.39, 0.29) is 0 Å². The van der Waals surface area contributed by atoms with E-state index in [1.165, 1.54) is 18.6 Å². The second-order valence-electron chi connectivity index (χ2n) is 3.95. The van der Waals surface area contributed by atoms with E-state index in [9.17, 15) is 0 Å². The lowest BCUT2D eigenvalue weighted by Crippen LogP contribution is -2.22. The fourth-order valence-corrected chi connectivity index (χ4v) is 2.09. The molecule has 3 nitrogen and oxygen atoms in total. The first-order valence-corrected chi connectivity index (χ1v) is 7.73. The van der Waals surface area contributed by atoms with Gasteiger partial charge in [0.15, 0.2) is 11.5 Å². The van der Waals surface area contributed by atoms with Crippen LogP contribution in [0.25, 0.3) is 0 Å². The van der Waals surface area contributed by atoms with Crippen LogP contribution in [0.2, 0.25) is 0 Å². The van der Waals surface area contributed by atoms with Gasteiger partial charge in [0.25, 0.3) is 0 Å². The number of thioether (sulfide) groups is 1. The standard InChI is InChI=1S/C14H23NO2S/c1-16-13-7-3-4-8-14(13)17-11-10-15-9-5-6-12-18-2/h3-4,7-8,15H,5-6,9-12H2,1-2H3. The van der Waals surface area contributed by atoms with Crippen LogP contribution in [0.15, 0.2) is 24.3 Å². The van der Waals surface area contributed by atoms with Gasteiger partial charge in [-0.2, -0.15) is 11.8 Å². The SMILES string of the molecule is COc1ccccc1OCCNCCCCSC. The van der Waals surface area contributed by atoms with Gasteiger partial charge in [0, 0.05) is 6.54 Å². The van der Waals surface area contributed by atoms with Crippen molar-refractivity contribution in [3.63, 3.8) is 0 Å². The van der Waals surface area contributed by atoms with Gasteiger partial charge in [-0.1, -0.05) is 12.1 Å². The highest BCUT2D eigenvalue weighted by Gasteiger charge is 2.01. The van der Waals surface area contributed by atoms with Crippen molar-refractivity contribution in [3.05, 3.63) is 24.3 Å². The molecule has 0 heterocycles. The van der Waals surface area contributed by atoms with Crippen LogP contribution in [-0.2, 0) is 0 Å². The molecule has 0 aliphatic rings. The first kappa shape index (κ1) is 15.2. The van der Waals surface area contributed by atoms with E-state index in [4.69, 9.17) is 9.47 Å². The summed E-state index contributed by atoms with van der Waals surface area (Å²) in [6, 6.07) is 7.73. The summed E-state index contributed by atoms with van der Waals surface area (Å²) in [7, 11) is 1.66. The molecule has 1 aromatic carbocycles. The predicted octanol–water partition coefficient (Wildman–Crippen LogP) is 2.81. The van der Waals surface area contributed by atoms with Crippen LogP contribution in [0.1, 0.15) is 12.8 Å². The van der Waals surface area contributed by atoms with Crippen molar-refractivity contribution in [2.75, 3.05) is 38.8 Å². The van der Waals surface area contributed by atoms with Gasteiger partial charge in [-0.15, -0.1) is 0 Å². The highest BCUT2D eigenvalue weighted by molar-refractivity contribution is 7.98. The molecule has 0 aromatic heterocycles. The van der Waals surface area contributed by atoms with Crippen LogP contribution < -0.4 is 14.8 Å². The van der Waals surface area contributed by atoms with Crippen LogP contribution in [0.5, 0.6) is 11.5 Å². The highest BCUT2D eigenvalue weighted by Crippen LogP contribution is 2.25. The van der Waals surface area contributed by atoms with Crippen LogP contribution >= 0.6 is 11.8 Å². The number of para-hydroxylation sites is 2. The van der Waals surface area contributed by atoms with E-state index in [1.807, 2.05) is 36.0 Å². The molecule has 4 heteroatoms. The maximum atomic E-state index is 5.66. The zero-order valence-electron chi connectivity index (χ0n) is 11.3. The largest absolute Gasteiger partial charge is 0.493 e. The molecule has 0 saturated heterocycles. The first-order chi connectivity index (χ1) is 8.88. The molecule has 1 aromatic rings. The maximum Gasteiger partial charge on any atom is 0.161 e. The highest BCUT2D eigenvalue weighted by atomic mass is 32.2. The number of ether oxygens (including phenoxy) is 2. The first-order valence-electron chi connectivity index (χ1n) is 6.34. The lowest BCUT2D eigenvalue weighted by Gasteiger charge is -2.10. The number of nitrogens with one attached hydrogen (secondary N) is 1. The normalized spacial score (nSPS) is 10.3. The number of hydrogen-bond acceptors (Lipinski definition) is 4. The van der Waals surface area contributed by atoms with Gasteiger partial charge < -0.3 is 14.8 Å². The third kappa shape index (κ3) is 6.17.